The van der Waals surface area contributed by atoms with Gasteiger partial charge in [-0.05, 0) is 17.0 Å². The van der Waals surface area contributed by atoms with Gasteiger partial charge in [0.2, 0.25) is 5.52 Å². The van der Waals surface area contributed by atoms with Crippen LogP contribution in [-0.2, 0) is 0 Å². The number of pyridine rings is 2. The normalized spacial score (nSPS) is 17.7. The Bertz CT molecular complexity index is 665. The predicted molar refractivity (Wildman–Crippen MR) is 64.6 cm³/mol. The Balaban J connectivity index is 2.40. The van der Waals surface area contributed by atoms with Crippen molar-refractivity contribution in [2.24, 2.45) is 0 Å². The van der Waals surface area contributed by atoms with Crippen LogP contribution in [0.25, 0.3) is 16.3 Å². The van der Waals surface area contributed by atoms with Crippen LogP contribution < -0.4 is 4.40 Å². The molecule has 1 heteroatoms. The van der Waals surface area contributed by atoms with Crippen LogP contribution in [0.15, 0.2) is 48.8 Å². The highest BCUT2D eigenvalue weighted by Gasteiger charge is 2.28. The van der Waals surface area contributed by atoms with Gasteiger partial charge >= 0.3 is 0 Å². The first-order valence-corrected chi connectivity index (χ1v) is 5.72. The fraction of sp³-hybridized carbons (Fsp3) is 0.133. The van der Waals surface area contributed by atoms with Crippen molar-refractivity contribution in [3.05, 3.63) is 59.9 Å². The van der Waals surface area contributed by atoms with E-state index in [4.69, 9.17) is 0 Å². The minimum atomic E-state index is 0.525. The number of benzene rings is 1. The minimum absolute atomic E-state index is 0.525. The lowest BCUT2D eigenvalue weighted by atomic mass is 9.99. The third-order valence-electron chi connectivity index (χ3n) is 3.77. The van der Waals surface area contributed by atoms with Crippen molar-refractivity contribution in [3.8, 4) is 0 Å². The van der Waals surface area contributed by atoms with Crippen LogP contribution in [0.4, 0.5) is 0 Å². The summed E-state index contributed by atoms with van der Waals surface area (Å²) in [6.45, 7) is 2.30. The van der Waals surface area contributed by atoms with E-state index < -0.39 is 0 Å². The van der Waals surface area contributed by atoms with Gasteiger partial charge in [-0.1, -0.05) is 25.1 Å². The summed E-state index contributed by atoms with van der Waals surface area (Å²) in [5.41, 5.74) is 4.31. The molecule has 4 rings (SSSR count). The third kappa shape index (κ3) is 0.804. The standard InChI is InChI=1S/C15H12N/c1-10-12-5-2-4-11-7-9-16-8-3-6-13(10)15(16)14(11)12/h2-10H,1H3/q+1. The number of hydrogen-bond donors (Lipinski definition) is 0. The van der Waals surface area contributed by atoms with Gasteiger partial charge in [-0.25, -0.2) is 0 Å². The first kappa shape index (κ1) is 8.28. The molecular weight excluding hydrogens is 194 g/mol. The van der Waals surface area contributed by atoms with E-state index in [1.807, 2.05) is 0 Å². The molecule has 3 aromatic rings. The Hall–Kier alpha value is -1.89. The molecule has 0 bridgehead atoms. The van der Waals surface area contributed by atoms with Crippen molar-refractivity contribution in [3.63, 3.8) is 0 Å². The maximum Gasteiger partial charge on any atom is 0.222 e. The summed E-state index contributed by atoms with van der Waals surface area (Å²) in [7, 11) is 0. The second-order valence-electron chi connectivity index (χ2n) is 4.57. The molecule has 76 valence electrons. The number of hydrogen-bond acceptors (Lipinski definition) is 0. The molecule has 0 amide bonds. The summed E-state index contributed by atoms with van der Waals surface area (Å²) in [6, 6.07) is 13.2. The maximum atomic E-state index is 2.30. The molecule has 0 fully saturated rings. The molecule has 1 atom stereocenters. The number of rotatable bonds is 0. The molecule has 0 saturated heterocycles. The molecule has 16 heavy (non-hydrogen) atoms. The van der Waals surface area contributed by atoms with Gasteiger partial charge < -0.3 is 0 Å². The van der Waals surface area contributed by atoms with Crippen molar-refractivity contribution in [1.29, 1.82) is 0 Å². The van der Waals surface area contributed by atoms with Gasteiger partial charge in [0.05, 0.1) is 5.39 Å². The van der Waals surface area contributed by atoms with Gasteiger partial charge in [-0.2, -0.15) is 4.40 Å². The summed E-state index contributed by atoms with van der Waals surface area (Å²) in [6.07, 6.45) is 4.29. The second-order valence-corrected chi connectivity index (χ2v) is 4.57. The van der Waals surface area contributed by atoms with Crippen LogP contribution >= 0.6 is 0 Å². The van der Waals surface area contributed by atoms with Crippen molar-refractivity contribution in [1.82, 2.24) is 0 Å². The smallest absolute Gasteiger partial charge is 0.166 e. The van der Waals surface area contributed by atoms with Gasteiger partial charge in [-0.3, -0.25) is 0 Å². The zero-order valence-electron chi connectivity index (χ0n) is 9.14. The Labute approximate surface area is 94.0 Å². The van der Waals surface area contributed by atoms with Crippen molar-refractivity contribution < 1.29 is 4.40 Å². The highest BCUT2D eigenvalue weighted by molar-refractivity contribution is 6.01. The molecule has 2 heterocycles. The predicted octanol–water partition coefficient (Wildman–Crippen LogP) is 3.04. The highest BCUT2D eigenvalue weighted by Crippen LogP contribution is 2.40. The van der Waals surface area contributed by atoms with E-state index in [9.17, 15) is 0 Å². The molecular formula is C15H12N+. The number of nitrogens with zero attached hydrogens (tertiary/aromatic N) is 1. The molecule has 1 aromatic carbocycles. The van der Waals surface area contributed by atoms with Crippen LogP contribution in [0.1, 0.15) is 24.0 Å². The fourth-order valence-corrected chi connectivity index (χ4v) is 2.98. The quantitative estimate of drug-likeness (QED) is 0.393. The molecule has 0 aliphatic heterocycles. The summed E-state index contributed by atoms with van der Waals surface area (Å²) in [5.74, 6) is 0.525. The SMILES string of the molecule is CC1c2cccc3cc[n+]4cccc1c4c23. The molecule has 1 nitrogen and oxygen atoms in total. The molecule has 0 spiro atoms. The molecule has 0 radical (unpaired) electrons. The third-order valence-corrected chi connectivity index (χ3v) is 3.77. The molecule has 1 aliphatic carbocycles. The topological polar surface area (TPSA) is 4.10 Å². The van der Waals surface area contributed by atoms with E-state index in [0.717, 1.165) is 0 Å². The molecule has 0 N–H and O–H groups in total. The van der Waals surface area contributed by atoms with Crippen LogP contribution in [0.3, 0.4) is 0 Å². The van der Waals surface area contributed by atoms with Crippen LogP contribution in [0.5, 0.6) is 0 Å². The van der Waals surface area contributed by atoms with Crippen molar-refractivity contribution in [2.75, 3.05) is 0 Å². The van der Waals surface area contributed by atoms with Crippen LogP contribution in [0, 0.1) is 0 Å². The lowest BCUT2D eigenvalue weighted by Crippen LogP contribution is -2.20. The van der Waals surface area contributed by atoms with E-state index >= 15 is 0 Å². The van der Waals surface area contributed by atoms with E-state index in [1.165, 1.54) is 27.4 Å². The molecule has 2 aromatic heterocycles. The minimum Gasteiger partial charge on any atom is -0.166 e. The van der Waals surface area contributed by atoms with E-state index in [2.05, 4.69) is 60.1 Å². The molecule has 0 saturated carbocycles. The average Bonchev–Trinajstić information content (AvgIpc) is 2.64. The van der Waals surface area contributed by atoms with E-state index in [1.54, 1.807) is 0 Å². The zero-order chi connectivity index (χ0) is 10.7. The van der Waals surface area contributed by atoms with E-state index in [-0.39, 0.29) is 0 Å². The first-order chi connectivity index (χ1) is 7.86. The first-order valence-electron chi connectivity index (χ1n) is 5.72. The van der Waals surface area contributed by atoms with Gasteiger partial charge in [0.1, 0.15) is 0 Å². The lowest BCUT2D eigenvalue weighted by Gasteiger charge is -2.03. The summed E-state index contributed by atoms with van der Waals surface area (Å²) >= 11 is 0. The van der Waals surface area contributed by atoms with E-state index in [0.29, 0.717) is 5.92 Å². The second kappa shape index (κ2) is 2.62. The monoisotopic (exact) mass is 206 g/mol. The number of aromatic nitrogens is 1. The van der Waals surface area contributed by atoms with Crippen LogP contribution in [0.2, 0.25) is 0 Å². The van der Waals surface area contributed by atoms with Gasteiger partial charge in [0.15, 0.2) is 12.4 Å². The van der Waals surface area contributed by atoms with Gasteiger partial charge in [0.25, 0.3) is 0 Å². The Morgan fingerprint density at radius 1 is 0.938 bits per heavy atom. The molecule has 1 unspecified atom stereocenters. The summed E-state index contributed by atoms with van der Waals surface area (Å²) in [5, 5.41) is 2.79. The Kier molecular flexibility index (Phi) is 1.35. The summed E-state index contributed by atoms with van der Waals surface area (Å²) in [4.78, 5) is 0. The largest absolute Gasteiger partial charge is 0.222 e. The van der Waals surface area contributed by atoms with Crippen LogP contribution in [-0.4, -0.2) is 0 Å². The van der Waals surface area contributed by atoms with Crippen molar-refractivity contribution in [2.45, 2.75) is 12.8 Å². The Morgan fingerprint density at radius 3 is 2.75 bits per heavy atom. The molecule has 1 aliphatic rings. The lowest BCUT2D eigenvalue weighted by molar-refractivity contribution is -0.510. The van der Waals surface area contributed by atoms with Crippen molar-refractivity contribution >= 4 is 16.3 Å². The average molecular weight is 206 g/mol. The zero-order valence-corrected chi connectivity index (χ0v) is 9.14. The highest BCUT2D eigenvalue weighted by atomic mass is 14.9. The van der Waals surface area contributed by atoms with Gasteiger partial charge in [0, 0.05) is 23.6 Å². The Morgan fingerprint density at radius 2 is 1.81 bits per heavy atom. The summed E-state index contributed by atoms with van der Waals surface area (Å²) < 4.78 is 2.24. The maximum absolute atomic E-state index is 2.30. The van der Waals surface area contributed by atoms with Gasteiger partial charge in [-0.15, -0.1) is 0 Å². The fourth-order valence-electron chi connectivity index (χ4n) is 2.98.